The number of aromatic hydroxyl groups is 1. The minimum Gasteiger partial charge on any atom is -0.508 e. The summed E-state index contributed by atoms with van der Waals surface area (Å²) in [6.07, 6.45) is 1.06. The van der Waals surface area contributed by atoms with Gasteiger partial charge in [-0.25, -0.2) is 4.68 Å². The van der Waals surface area contributed by atoms with Crippen LogP contribution in [0.4, 0.5) is 11.6 Å². The van der Waals surface area contributed by atoms with Crippen LogP contribution < -0.4 is 10.6 Å². The molecule has 4 N–H and O–H groups in total. The number of aliphatic hydroxyl groups excluding tert-OH is 1. The van der Waals surface area contributed by atoms with Crippen LogP contribution in [0.1, 0.15) is 30.8 Å². The van der Waals surface area contributed by atoms with Crippen molar-refractivity contribution in [3.8, 4) is 5.75 Å². The Hall–Kier alpha value is -3.36. The molecule has 1 amide bonds. The second kappa shape index (κ2) is 8.79. The molecule has 8 nitrogen and oxygen atoms in total. The number of fused-ring (bicyclic) bond motifs is 1. The van der Waals surface area contributed by atoms with Crippen LogP contribution in [-0.4, -0.2) is 37.5 Å². The zero-order valence-electron chi connectivity index (χ0n) is 16.8. The van der Waals surface area contributed by atoms with Gasteiger partial charge in [-0.1, -0.05) is 23.7 Å². The van der Waals surface area contributed by atoms with Crippen molar-refractivity contribution in [1.82, 2.24) is 14.8 Å². The van der Waals surface area contributed by atoms with E-state index < -0.39 is 6.04 Å². The largest absolute Gasteiger partial charge is 0.508 e. The second-order valence-corrected chi connectivity index (χ2v) is 7.68. The molecule has 9 heteroatoms. The molecule has 1 aliphatic rings. The molecule has 0 bridgehead atoms. The van der Waals surface area contributed by atoms with E-state index in [1.165, 1.54) is 0 Å². The number of hydrogen-bond acceptors (Lipinski definition) is 6. The summed E-state index contributed by atoms with van der Waals surface area (Å²) in [6.45, 7) is 1.86. The number of aryl methyl sites for hydroxylation is 1. The summed E-state index contributed by atoms with van der Waals surface area (Å²) in [5, 5.41) is 30.1. The highest BCUT2D eigenvalue weighted by atomic mass is 35.5. The molecule has 3 aromatic rings. The molecule has 0 unspecified atom stereocenters. The molecule has 160 valence electrons. The smallest absolute Gasteiger partial charge is 0.255 e. The van der Waals surface area contributed by atoms with Crippen molar-refractivity contribution >= 4 is 29.1 Å². The lowest BCUT2D eigenvalue weighted by atomic mass is 9.95. The number of phenols is 1. The van der Waals surface area contributed by atoms with Crippen LogP contribution in [0.15, 0.2) is 59.8 Å². The van der Waals surface area contributed by atoms with Gasteiger partial charge in [-0.2, -0.15) is 10.1 Å². The number of benzene rings is 2. The van der Waals surface area contributed by atoms with E-state index in [1.807, 2.05) is 6.92 Å². The lowest BCUT2D eigenvalue weighted by Gasteiger charge is -2.28. The monoisotopic (exact) mass is 439 g/mol. The first-order chi connectivity index (χ1) is 15.0. The number of allylic oxidation sites excluding steroid dienone is 1. The van der Waals surface area contributed by atoms with Gasteiger partial charge < -0.3 is 20.8 Å². The van der Waals surface area contributed by atoms with Gasteiger partial charge in [0.05, 0.1) is 5.57 Å². The molecular formula is C22H22ClN5O3. The third kappa shape index (κ3) is 4.40. The maximum atomic E-state index is 13.3. The number of phenolic OH excluding ortho intramolecular Hbond substituents is 1. The first kappa shape index (κ1) is 20.9. The predicted molar refractivity (Wildman–Crippen MR) is 118 cm³/mol. The van der Waals surface area contributed by atoms with Gasteiger partial charge in [-0.05, 0) is 55.3 Å². The number of aliphatic hydroxyl groups is 1. The number of rotatable bonds is 6. The lowest BCUT2D eigenvalue weighted by molar-refractivity contribution is -0.113. The molecule has 0 saturated carbocycles. The summed E-state index contributed by atoms with van der Waals surface area (Å²) in [6, 6.07) is 13.0. The summed E-state index contributed by atoms with van der Waals surface area (Å²) < 4.78 is 1.67. The molecule has 0 fully saturated rings. The molecule has 2 heterocycles. The van der Waals surface area contributed by atoms with Gasteiger partial charge in [0.15, 0.2) is 5.82 Å². The normalized spacial score (nSPS) is 15.4. The van der Waals surface area contributed by atoms with Crippen molar-refractivity contribution in [3.63, 3.8) is 0 Å². The Morgan fingerprint density at radius 3 is 2.58 bits per heavy atom. The first-order valence-corrected chi connectivity index (χ1v) is 10.2. The Morgan fingerprint density at radius 2 is 1.90 bits per heavy atom. The maximum absolute atomic E-state index is 13.3. The topological polar surface area (TPSA) is 112 Å². The molecule has 31 heavy (non-hydrogen) atoms. The highest BCUT2D eigenvalue weighted by Gasteiger charge is 2.34. The van der Waals surface area contributed by atoms with Crippen LogP contribution in [0.5, 0.6) is 5.75 Å². The van der Waals surface area contributed by atoms with Crippen molar-refractivity contribution in [2.75, 3.05) is 17.2 Å². The number of anilines is 2. The van der Waals surface area contributed by atoms with Crippen molar-refractivity contribution in [3.05, 3.63) is 76.2 Å². The highest BCUT2D eigenvalue weighted by molar-refractivity contribution is 6.30. The Balaban J connectivity index is 1.74. The minimum atomic E-state index is -0.542. The highest BCUT2D eigenvalue weighted by Crippen LogP contribution is 2.36. The summed E-state index contributed by atoms with van der Waals surface area (Å²) >= 11 is 5.94. The van der Waals surface area contributed by atoms with Crippen molar-refractivity contribution < 1.29 is 15.0 Å². The zero-order valence-corrected chi connectivity index (χ0v) is 17.6. The number of carbonyl (C=O) groups excluding carboxylic acids is 1. The van der Waals surface area contributed by atoms with Gasteiger partial charge in [-0.15, -0.1) is 0 Å². The number of nitrogens with one attached hydrogen (secondary N) is 2. The third-order valence-electron chi connectivity index (χ3n) is 5.01. The number of nitrogens with zero attached hydrogens (tertiary/aromatic N) is 3. The van der Waals surface area contributed by atoms with Gasteiger partial charge in [0, 0.05) is 29.4 Å². The maximum Gasteiger partial charge on any atom is 0.255 e. The van der Waals surface area contributed by atoms with E-state index in [-0.39, 0.29) is 18.3 Å². The number of hydrogen-bond donors (Lipinski definition) is 4. The van der Waals surface area contributed by atoms with Gasteiger partial charge in [-0.3, -0.25) is 4.79 Å². The van der Waals surface area contributed by atoms with Crippen LogP contribution in [0, 0.1) is 0 Å². The minimum absolute atomic E-state index is 0.0463. The quantitative estimate of drug-likeness (QED) is 0.467. The van der Waals surface area contributed by atoms with E-state index in [4.69, 9.17) is 16.7 Å². The second-order valence-electron chi connectivity index (χ2n) is 7.24. The fraction of sp³-hybridized carbons (Fsp3) is 0.227. The number of aromatic nitrogens is 3. The molecule has 1 aromatic heterocycles. The Kier molecular flexibility index (Phi) is 5.92. The fourth-order valence-corrected chi connectivity index (χ4v) is 3.65. The van der Waals surface area contributed by atoms with E-state index in [1.54, 1.807) is 53.2 Å². The van der Waals surface area contributed by atoms with Crippen LogP contribution >= 0.6 is 11.6 Å². The average molecular weight is 440 g/mol. The van der Waals surface area contributed by atoms with Crippen LogP contribution in [0.2, 0.25) is 5.02 Å². The summed E-state index contributed by atoms with van der Waals surface area (Å²) in [5.74, 6) is 0.940. The predicted octanol–water partition coefficient (Wildman–Crippen LogP) is 3.49. The molecule has 1 aliphatic heterocycles. The van der Waals surface area contributed by atoms with Gasteiger partial charge in [0.2, 0.25) is 5.95 Å². The first-order valence-electron chi connectivity index (χ1n) is 9.86. The van der Waals surface area contributed by atoms with Crippen LogP contribution in [0.3, 0.4) is 0 Å². The SMILES string of the molecule is CC1=C(C(=O)Nc2ccc(Cl)cc2)[C@@H](c2ccc(O)cc2)n2nc(CCCO)nc2N1. The standard InChI is InChI=1S/C22H22ClN5O3/c1-13-19(21(31)25-16-8-6-15(23)7-9-16)20(14-4-10-17(30)11-5-14)28-22(24-13)26-18(27-28)3-2-12-29/h4-11,20,29-30H,2-3,12H2,1H3,(H,25,31)(H,24,26,27)/t20-/m1/s1. The molecular weight excluding hydrogens is 418 g/mol. The number of carbonyl (C=O) groups is 1. The number of halogens is 1. The van der Waals surface area contributed by atoms with E-state index in [2.05, 4.69) is 20.7 Å². The molecule has 1 atom stereocenters. The van der Waals surface area contributed by atoms with Crippen LogP contribution in [-0.2, 0) is 11.2 Å². The van der Waals surface area contributed by atoms with Crippen molar-refractivity contribution in [2.24, 2.45) is 0 Å². The Morgan fingerprint density at radius 1 is 1.19 bits per heavy atom. The lowest BCUT2D eigenvalue weighted by Crippen LogP contribution is -2.31. The van der Waals surface area contributed by atoms with E-state index in [9.17, 15) is 9.90 Å². The average Bonchev–Trinajstić information content (AvgIpc) is 3.15. The summed E-state index contributed by atoms with van der Waals surface area (Å²) in [4.78, 5) is 17.8. The van der Waals surface area contributed by atoms with Gasteiger partial charge in [0.1, 0.15) is 11.8 Å². The number of amides is 1. The van der Waals surface area contributed by atoms with Crippen molar-refractivity contribution in [1.29, 1.82) is 0 Å². The molecule has 0 saturated heterocycles. The Labute approximate surface area is 184 Å². The van der Waals surface area contributed by atoms with Gasteiger partial charge >= 0.3 is 0 Å². The zero-order chi connectivity index (χ0) is 22.0. The van der Waals surface area contributed by atoms with Gasteiger partial charge in [0.25, 0.3) is 5.91 Å². The molecule has 4 rings (SSSR count). The van der Waals surface area contributed by atoms with Crippen LogP contribution in [0.25, 0.3) is 0 Å². The Bertz CT molecular complexity index is 1120. The summed E-state index contributed by atoms with van der Waals surface area (Å²) in [7, 11) is 0. The van der Waals surface area contributed by atoms with Crippen molar-refractivity contribution in [2.45, 2.75) is 25.8 Å². The fourth-order valence-electron chi connectivity index (χ4n) is 3.53. The molecule has 0 spiro atoms. The molecule has 0 radical (unpaired) electrons. The summed E-state index contributed by atoms with van der Waals surface area (Å²) in [5.41, 5.74) is 2.52. The molecule has 2 aromatic carbocycles. The third-order valence-corrected chi connectivity index (χ3v) is 5.26. The van der Waals surface area contributed by atoms with E-state index >= 15 is 0 Å². The van der Waals surface area contributed by atoms with E-state index in [0.29, 0.717) is 46.6 Å². The van der Waals surface area contributed by atoms with E-state index in [0.717, 1.165) is 5.56 Å². The molecule has 0 aliphatic carbocycles.